The van der Waals surface area contributed by atoms with Gasteiger partial charge in [-0.25, -0.2) is 0 Å². The molecular formula is C12H15BrClNO. The van der Waals surface area contributed by atoms with Gasteiger partial charge in [0.15, 0.2) is 0 Å². The summed E-state index contributed by atoms with van der Waals surface area (Å²) in [5.74, 6) is 1.38. The number of rotatable bonds is 3. The van der Waals surface area contributed by atoms with Crippen LogP contribution < -0.4 is 10.5 Å². The van der Waals surface area contributed by atoms with E-state index < -0.39 is 0 Å². The van der Waals surface area contributed by atoms with E-state index in [1.807, 2.05) is 12.1 Å². The van der Waals surface area contributed by atoms with E-state index in [1.165, 1.54) is 19.3 Å². The van der Waals surface area contributed by atoms with E-state index in [9.17, 15) is 0 Å². The fraction of sp³-hybridized carbons (Fsp3) is 0.500. The van der Waals surface area contributed by atoms with Gasteiger partial charge in [-0.15, -0.1) is 0 Å². The first kappa shape index (κ1) is 12.2. The quantitative estimate of drug-likeness (QED) is 0.919. The van der Waals surface area contributed by atoms with E-state index in [-0.39, 0.29) is 6.04 Å². The second-order valence-corrected chi connectivity index (χ2v) is 5.52. The van der Waals surface area contributed by atoms with E-state index in [4.69, 9.17) is 22.1 Å². The Kier molecular flexibility index (Phi) is 3.77. The first-order valence-corrected chi connectivity index (χ1v) is 6.59. The maximum atomic E-state index is 6.25. The van der Waals surface area contributed by atoms with Crippen LogP contribution in [0.3, 0.4) is 0 Å². The fourth-order valence-corrected chi connectivity index (χ4v) is 3.09. The Balaban J connectivity index is 2.36. The van der Waals surface area contributed by atoms with Crippen LogP contribution in [0.1, 0.15) is 30.9 Å². The van der Waals surface area contributed by atoms with Crippen molar-refractivity contribution in [2.75, 3.05) is 7.11 Å². The first-order valence-electron chi connectivity index (χ1n) is 5.42. The van der Waals surface area contributed by atoms with E-state index in [2.05, 4.69) is 15.9 Å². The Morgan fingerprint density at radius 3 is 2.69 bits per heavy atom. The van der Waals surface area contributed by atoms with Crippen molar-refractivity contribution in [3.63, 3.8) is 0 Å². The third kappa shape index (κ3) is 2.22. The number of ether oxygens (including phenoxy) is 1. The summed E-state index contributed by atoms with van der Waals surface area (Å²) >= 11 is 9.50. The molecule has 1 unspecified atom stereocenters. The van der Waals surface area contributed by atoms with E-state index in [1.54, 1.807) is 7.11 Å². The lowest BCUT2D eigenvalue weighted by atomic mass is 9.77. The molecule has 1 aliphatic rings. The Morgan fingerprint density at radius 2 is 2.19 bits per heavy atom. The zero-order valence-electron chi connectivity index (χ0n) is 9.17. The summed E-state index contributed by atoms with van der Waals surface area (Å²) in [7, 11) is 1.66. The standard InChI is InChI=1S/C12H15BrClNO/c1-16-12-9(5-8(14)6-10(12)13)11(15)7-3-2-4-7/h5-7,11H,2-4,15H2,1H3. The van der Waals surface area contributed by atoms with Gasteiger partial charge in [0.25, 0.3) is 0 Å². The van der Waals surface area contributed by atoms with Crippen LogP contribution in [0.25, 0.3) is 0 Å². The third-order valence-electron chi connectivity index (χ3n) is 3.26. The minimum Gasteiger partial charge on any atom is -0.495 e. The summed E-state index contributed by atoms with van der Waals surface area (Å²) in [4.78, 5) is 0. The smallest absolute Gasteiger partial charge is 0.137 e. The van der Waals surface area contributed by atoms with Crippen molar-refractivity contribution in [2.24, 2.45) is 11.7 Å². The van der Waals surface area contributed by atoms with Crippen LogP contribution in [0.15, 0.2) is 16.6 Å². The largest absolute Gasteiger partial charge is 0.495 e. The molecule has 1 aliphatic carbocycles. The summed E-state index contributed by atoms with van der Waals surface area (Å²) < 4.78 is 6.25. The molecular weight excluding hydrogens is 289 g/mol. The van der Waals surface area contributed by atoms with E-state index in [0.29, 0.717) is 10.9 Å². The zero-order valence-corrected chi connectivity index (χ0v) is 11.5. The summed E-state index contributed by atoms with van der Waals surface area (Å²) in [6.07, 6.45) is 3.69. The number of nitrogens with two attached hydrogens (primary N) is 1. The molecule has 2 rings (SSSR count). The summed E-state index contributed by atoms with van der Waals surface area (Å²) in [5.41, 5.74) is 7.26. The van der Waals surface area contributed by atoms with Gasteiger partial charge in [-0.2, -0.15) is 0 Å². The van der Waals surface area contributed by atoms with Gasteiger partial charge in [0.2, 0.25) is 0 Å². The van der Waals surface area contributed by atoms with E-state index >= 15 is 0 Å². The van der Waals surface area contributed by atoms with Crippen molar-refractivity contribution in [3.8, 4) is 5.75 Å². The molecule has 88 valence electrons. The molecule has 2 nitrogen and oxygen atoms in total. The highest BCUT2D eigenvalue weighted by Crippen LogP contribution is 2.42. The van der Waals surface area contributed by atoms with E-state index in [0.717, 1.165) is 15.8 Å². The summed E-state index contributed by atoms with van der Waals surface area (Å²) in [6.45, 7) is 0. The number of hydrogen-bond donors (Lipinski definition) is 1. The molecule has 1 aromatic rings. The molecule has 0 amide bonds. The predicted molar refractivity (Wildman–Crippen MR) is 70.0 cm³/mol. The molecule has 1 saturated carbocycles. The first-order chi connectivity index (χ1) is 7.63. The van der Waals surface area contributed by atoms with Gasteiger partial charge in [-0.1, -0.05) is 18.0 Å². The Labute approximate surface area is 109 Å². The lowest BCUT2D eigenvalue weighted by molar-refractivity contribution is 0.259. The van der Waals surface area contributed by atoms with Crippen LogP contribution in [0, 0.1) is 5.92 Å². The lowest BCUT2D eigenvalue weighted by Gasteiger charge is -2.32. The molecule has 0 bridgehead atoms. The van der Waals surface area contributed by atoms with Gasteiger partial charge in [-0.3, -0.25) is 0 Å². The van der Waals surface area contributed by atoms with Gasteiger partial charge < -0.3 is 10.5 Å². The van der Waals surface area contributed by atoms with Gasteiger partial charge in [0.1, 0.15) is 5.75 Å². The van der Waals surface area contributed by atoms with Crippen molar-refractivity contribution in [3.05, 3.63) is 27.2 Å². The highest BCUT2D eigenvalue weighted by molar-refractivity contribution is 9.10. The van der Waals surface area contributed by atoms with Crippen molar-refractivity contribution in [1.29, 1.82) is 0 Å². The SMILES string of the molecule is COc1c(Br)cc(Cl)cc1C(N)C1CCC1. The van der Waals surface area contributed by atoms with Crippen LogP contribution in [0.2, 0.25) is 5.02 Å². The van der Waals surface area contributed by atoms with Gasteiger partial charge in [0.05, 0.1) is 11.6 Å². The Morgan fingerprint density at radius 1 is 1.50 bits per heavy atom. The molecule has 0 spiro atoms. The second kappa shape index (κ2) is 4.94. The highest BCUT2D eigenvalue weighted by atomic mass is 79.9. The zero-order chi connectivity index (χ0) is 11.7. The van der Waals surface area contributed by atoms with Crippen molar-refractivity contribution < 1.29 is 4.74 Å². The van der Waals surface area contributed by atoms with Crippen LogP contribution in [-0.4, -0.2) is 7.11 Å². The van der Waals surface area contributed by atoms with Gasteiger partial charge in [0, 0.05) is 16.6 Å². The molecule has 0 heterocycles. The maximum absolute atomic E-state index is 6.25. The maximum Gasteiger partial charge on any atom is 0.137 e. The molecule has 0 aromatic heterocycles. The highest BCUT2D eigenvalue weighted by Gasteiger charge is 2.28. The molecule has 16 heavy (non-hydrogen) atoms. The van der Waals surface area contributed by atoms with Crippen LogP contribution in [0.4, 0.5) is 0 Å². The van der Waals surface area contributed by atoms with Crippen molar-refractivity contribution in [2.45, 2.75) is 25.3 Å². The molecule has 2 N–H and O–H groups in total. The number of hydrogen-bond acceptors (Lipinski definition) is 2. The molecule has 1 atom stereocenters. The molecule has 0 saturated heterocycles. The normalized spacial score (nSPS) is 18.0. The minimum atomic E-state index is 0.0266. The van der Waals surface area contributed by atoms with Gasteiger partial charge >= 0.3 is 0 Å². The average molecular weight is 305 g/mol. The van der Waals surface area contributed by atoms with Gasteiger partial charge in [-0.05, 0) is 46.8 Å². The predicted octanol–water partition coefficient (Wildman–Crippen LogP) is 3.91. The Hall–Kier alpha value is -0.250. The lowest BCUT2D eigenvalue weighted by Crippen LogP contribution is -2.27. The summed E-state index contributed by atoms with van der Waals surface area (Å²) in [5, 5.41) is 0.692. The third-order valence-corrected chi connectivity index (χ3v) is 4.07. The average Bonchev–Trinajstić information content (AvgIpc) is 2.13. The monoisotopic (exact) mass is 303 g/mol. The second-order valence-electron chi connectivity index (χ2n) is 4.23. The minimum absolute atomic E-state index is 0.0266. The van der Waals surface area contributed by atoms with Crippen molar-refractivity contribution in [1.82, 2.24) is 0 Å². The molecule has 1 fully saturated rings. The fourth-order valence-electron chi connectivity index (χ4n) is 2.10. The van der Waals surface area contributed by atoms with Crippen molar-refractivity contribution >= 4 is 27.5 Å². The summed E-state index contributed by atoms with van der Waals surface area (Å²) in [6, 6.07) is 3.77. The topological polar surface area (TPSA) is 35.2 Å². The number of benzene rings is 1. The Bertz CT molecular complexity index is 393. The van der Waals surface area contributed by atoms with Crippen LogP contribution >= 0.6 is 27.5 Å². The number of methoxy groups -OCH3 is 1. The molecule has 0 aliphatic heterocycles. The molecule has 1 aromatic carbocycles. The molecule has 0 radical (unpaired) electrons. The number of halogens is 2. The van der Waals surface area contributed by atoms with Crippen LogP contribution in [-0.2, 0) is 0 Å². The molecule has 4 heteroatoms. The van der Waals surface area contributed by atoms with Crippen LogP contribution in [0.5, 0.6) is 5.75 Å².